The number of aliphatic carboxylic acids is 1. The van der Waals surface area contributed by atoms with Gasteiger partial charge in [-0.3, -0.25) is 0 Å². The molecule has 2 rings (SSSR count). The standard InChI is InChI=1S/C15H26N2O3S/c1-3-21-12-8-6-7-11(12)16-14(20)17-10-5-4-9-15(17,2)13(18)19/h11-12H,3-10H2,1-2H3,(H,16,20)(H,18,19). The van der Waals surface area contributed by atoms with E-state index >= 15 is 0 Å². The molecule has 0 aromatic heterocycles. The van der Waals surface area contributed by atoms with Crippen molar-refractivity contribution in [3.8, 4) is 0 Å². The van der Waals surface area contributed by atoms with E-state index in [-0.39, 0.29) is 12.1 Å². The van der Waals surface area contributed by atoms with Crippen LogP contribution >= 0.6 is 11.8 Å². The minimum atomic E-state index is -1.06. The van der Waals surface area contributed by atoms with Crippen LogP contribution in [0, 0.1) is 0 Å². The molecule has 1 saturated heterocycles. The largest absolute Gasteiger partial charge is 0.480 e. The third-order valence-electron chi connectivity index (χ3n) is 4.74. The first-order valence-electron chi connectivity index (χ1n) is 7.92. The van der Waals surface area contributed by atoms with Gasteiger partial charge in [0.25, 0.3) is 0 Å². The Balaban J connectivity index is 2.02. The molecular weight excluding hydrogens is 288 g/mol. The van der Waals surface area contributed by atoms with Gasteiger partial charge in [-0.25, -0.2) is 9.59 Å². The number of hydrogen-bond acceptors (Lipinski definition) is 3. The predicted octanol–water partition coefficient (Wildman–Crippen LogP) is 2.70. The van der Waals surface area contributed by atoms with Crippen molar-refractivity contribution in [2.45, 2.75) is 69.2 Å². The molecule has 1 heterocycles. The fourth-order valence-electron chi connectivity index (χ4n) is 3.41. The van der Waals surface area contributed by atoms with Crippen molar-refractivity contribution in [3.63, 3.8) is 0 Å². The van der Waals surface area contributed by atoms with E-state index in [0.717, 1.165) is 37.9 Å². The van der Waals surface area contributed by atoms with E-state index in [4.69, 9.17) is 0 Å². The van der Waals surface area contributed by atoms with Crippen molar-refractivity contribution < 1.29 is 14.7 Å². The average molecular weight is 314 g/mol. The molecule has 1 saturated carbocycles. The number of hydrogen-bond donors (Lipinski definition) is 2. The van der Waals surface area contributed by atoms with Gasteiger partial charge >= 0.3 is 12.0 Å². The topological polar surface area (TPSA) is 69.6 Å². The minimum Gasteiger partial charge on any atom is -0.480 e. The Kier molecular flexibility index (Phi) is 5.41. The molecule has 21 heavy (non-hydrogen) atoms. The number of carboxylic acids is 1. The van der Waals surface area contributed by atoms with Crippen molar-refractivity contribution in [1.29, 1.82) is 0 Å². The van der Waals surface area contributed by atoms with E-state index in [9.17, 15) is 14.7 Å². The molecule has 0 spiro atoms. The molecule has 0 aromatic rings. The first-order chi connectivity index (χ1) is 9.99. The van der Waals surface area contributed by atoms with Crippen molar-refractivity contribution in [2.24, 2.45) is 0 Å². The lowest BCUT2D eigenvalue weighted by molar-refractivity contribution is -0.150. The third-order valence-corrected chi connectivity index (χ3v) is 6.06. The summed E-state index contributed by atoms with van der Waals surface area (Å²) in [4.78, 5) is 25.7. The lowest BCUT2D eigenvalue weighted by Crippen LogP contribution is -2.61. The monoisotopic (exact) mass is 314 g/mol. The highest BCUT2D eigenvalue weighted by Gasteiger charge is 2.44. The molecule has 0 radical (unpaired) electrons. The number of urea groups is 1. The molecule has 120 valence electrons. The lowest BCUT2D eigenvalue weighted by Gasteiger charge is -2.42. The molecule has 2 amide bonds. The third kappa shape index (κ3) is 3.47. The molecular formula is C15H26N2O3S. The van der Waals surface area contributed by atoms with E-state index < -0.39 is 11.5 Å². The summed E-state index contributed by atoms with van der Waals surface area (Å²) in [5.41, 5.74) is -1.06. The number of likely N-dealkylation sites (tertiary alicyclic amines) is 1. The molecule has 0 aromatic carbocycles. The van der Waals surface area contributed by atoms with E-state index in [2.05, 4.69) is 12.2 Å². The summed E-state index contributed by atoms with van der Waals surface area (Å²) in [6.07, 6.45) is 5.56. The number of carbonyl (C=O) groups excluding carboxylic acids is 1. The van der Waals surface area contributed by atoms with Crippen molar-refractivity contribution in [2.75, 3.05) is 12.3 Å². The van der Waals surface area contributed by atoms with Crippen LogP contribution in [-0.2, 0) is 4.79 Å². The van der Waals surface area contributed by atoms with Gasteiger partial charge in [0.1, 0.15) is 5.54 Å². The summed E-state index contributed by atoms with van der Waals surface area (Å²) >= 11 is 1.89. The SMILES string of the molecule is CCSC1CCCC1NC(=O)N1CCCCC1(C)C(=O)O. The van der Waals surface area contributed by atoms with Gasteiger partial charge in [0.15, 0.2) is 0 Å². The molecule has 1 aliphatic carbocycles. The Morgan fingerprint density at radius 3 is 2.76 bits per heavy atom. The van der Waals surface area contributed by atoms with Crippen LogP contribution in [0.15, 0.2) is 0 Å². The van der Waals surface area contributed by atoms with Gasteiger partial charge in [-0.05, 0) is 44.8 Å². The lowest BCUT2D eigenvalue weighted by atomic mass is 9.89. The summed E-state index contributed by atoms with van der Waals surface area (Å²) < 4.78 is 0. The zero-order valence-corrected chi connectivity index (χ0v) is 13.7. The Hall–Kier alpha value is -0.910. The number of piperidine rings is 1. The van der Waals surface area contributed by atoms with Gasteiger partial charge in [-0.2, -0.15) is 11.8 Å². The summed E-state index contributed by atoms with van der Waals surface area (Å²) in [5, 5.41) is 13.1. The highest BCUT2D eigenvalue weighted by atomic mass is 32.2. The molecule has 5 nitrogen and oxygen atoms in total. The van der Waals surface area contributed by atoms with Crippen LogP contribution in [0.25, 0.3) is 0 Å². The van der Waals surface area contributed by atoms with Crippen LogP contribution in [-0.4, -0.2) is 51.1 Å². The Morgan fingerprint density at radius 2 is 2.10 bits per heavy atom. The highest BCUT2D eigenvalue weighted by molar-refractivity contribution is 7.99. The van der Waals surface area contributed by atoms with Gasteiger partial charge in [0.2, 0.25) is 0 Å². The zero-order valence-electron chi connectivity index (χ0n) is 12.9. The summed E-state index contributed by atoms with van der Waals surface area (Å²) in [7, 11) is 0. The van der Waals surface area contributed by atoms with Gasteiger partial charge in [-0.1, -0.05) is 13.3 Å². The van der Waals surface area contributed by atoms with Crippen molar-refractivity contribution >= 4 is 23.8 Å². The maximum atomic E-state index is 12.6. The van der Waals surface area contributed by atoms with Crippen LogP contribution in [0.2, 0.25) is 0 Å². The van der Waals surface area contributed by atoms with Crippen LogP contribution < -0.4 is 5.32 Å². The first kappa shape index (κ1) is 16.5. The minimum absolute atomic E-state index is 0.183. The number of nitrogens with one attached hydrogen (secondary N) is 1. The molecule has 2 N–H and O–H groups in total. The Labute approximate surface area is 130 Å². The van der Waals surface area contributed by atoms with Crippen LogP contribution in [0.3, 0.4) is 0 Å². The average Bonchev–Trinajstić information content (AvgIpc) is 2.86. The molecule has 2 fully saturated rings. The fraction of sp³-hybridized carbons (Fsp3) is 0.867. The number of amides is 2. The molecule has 3 unspecified atom stereocenters. The second-order valence-electron chi connectivity index (χ2n) is 6.17. The normalized spacial score (nSPS) is 33.0. The number of thioether (sulfide) groups is 1. The smallest absolute Gasteiger partial charge is 0.329 e. The summed E-state index contributed by atoms with van der Waals surface area (Å²) in [6, 6.07) is -0.0179. The van der Waals surface area contributed by atoms with E-state index in [1.165, 1.54) is 4.90 Å². The molecule has 6 heteroatoms. The van der Waals surface area contributed by atoms with Gasteiger partial charge in [0.05, 0.1) is 0 Å². The van der Waals surface area contributed by atoms with Crippen LogP contribution in [0.1, 0.15) is 52.4 Å². The number of rotatable bonds is 4. The number of carboxylic acid groups (broad SMARTS) is 1. The second-order valence-corrected chi connectivity index (χ2v) is 7.68. The second kappa shape index (κ2) is 6.90. The Bertz CT molecular complexity index is 404. The highest BCUT2D eigenvalue weighted by Crippen LogP contribution is 2.32. The number of carbonyl (C=O) groups is 2. The number of nitrogens with zero attached hydrogens (tertiary/aromatic N) is 1. The summed E-state index contributed by atoms with van der Waals surface area (Å²) in [6.45, 7) is 4.34. The van der Waals surface area contributed by atoms with Gasteiger partial charge < -0.3 is 15.3 Å². The van der Waals surface area contributed by atoms with Crippen molar-refractivity contribution in [3.05, 3.63) is 0 Å². The molecule has 2 aliphatic rings. The van der Waals surface area contributed by atoms with Gasteiger partial charge in [0, 0.05) is 17.8 Å². The maximum absolute atomic E-state index is 12.6. The maximum Gasteiger partial charge on any atom is 0.329 e. The molecule has 3 atom stereocenters. The molecule has 0 bridgehead atoms. The summed E-state index contributed by atoms with van der Waals surface area (Å²) in [5.74, 6) is 0.149. The van der Waals surface area contributed by atoms with E-state index in [1.54, 1.807) is 6.92 Å². The fourth-order valence-corrected chi connectivity index (χ4v) is 4.61. The first-order valence-corrected chi connectivity index (χ1v) is 8.97. The van der Waals surface area contributed by atoms with Crippen molar-refractivity contribution in [1.82, 2.24) is 10.2 Å². The van der Waals surface area contributed by atoms with Crippen LogP contribution in [0.4, 0.5) is 4.79 Å². The molecule has 1 aliphatic heterocycles. The van der Waals surface area contributed by atoms with E-state index in [1.807, 2.05) is 11.8 Å². The zero-order chi connectivity index (χ0) is 15.5. The van der Waals surface area contributed by atoms with E-state index in [0.29, 0.717) is 18.2 Å². The predicted molar refractivity (Wildman–Crippen MR) is 84.7 cm³/mol. The van der Waals surface area contributed by atoms with Crippen LogP contribution in [0.5, 0.6) is 0 Å². The quantitative estimate of drug-likeness (QED) is 0.837. The van der Waals surface area contributed by atoms with Gasteiger partial charge in [-0.15, -0.1) is 0 Å². The Morgan fingerprint density at radius 1 is 1.33 bits per heavy atom.